The highest BCUT2D eigenvalue weighted by molar-refractivity contribution is 5.41. The Balaban J connectivity index is 1.86. The summed E-state index contributed by atoms with van der Waals surface area (Å²) in [7, 11) is 0. The smallest absolute Gasteiger partial charge is 0.164 e. The zero-order valence-electron chi connectivity index (χ0n) is 11.7. The molecule has 0 amide bonds. The molecule has 0 aliphatic rings. The number of rotatable bonds is 3. The molecule has 0 atom stereocenters. The highest BCUT2D eigenvalue weighted by Crippen LogP contribution is 2.12. The summed E-state index contributed by atoms with van der Waals surface area (Å²) in [5.74, 6) is 1.87. The largest absolute Gasteiger partial charge is 0.399 e. The Hall–Kier alpha value is -2.43. The average Bonchev–Trinajstić information content (AvgIpc) is 2.81. The van der Waals surface area contributed by atoms with Crippen LogP contribution in [-0.4, -0.2) is 19.6 Å². The van der Waals surface area contributed by atoms with Gasteiger partial charge in [0.15, 0.2) is 5.65 Å². The molecule has 3 rings (SSSR count). The maximum atomic E-state index is 5.69. The van der Waals surface area contributed by atoms with E-state index >= 15 is 0 Å². The van der Waals surface area contributed by atoms with Crippen molar-refractivity contribution in [2.45, 2.75) is 26.7 Å². The van der Waals surface area contributed by atoms with Gasteiger partial charge in [0.05, 0.1) is 0 Å². The first-order valence-corrected chi connectivity index (χ1v) is 6.66. The number of nitrogens with zero attached hydrogens (tertiary/aromatic N) is 4. The molecule has 102 valence electrons. The predicted octanol–water partition coefficient (Wildman–Crippen LogP) is 2.11. The van der Waals surface area contributed by atoms with E-state index in [0.29, 0.717) is 0 Å². The molecule has 0 fully saturated rings. The van der Waals surface area contributed by atoms with Crippen molar-refractivity contribution < 1.29 is 0 Å². The number of fused-ring (bicyclic) bond motifs is 1. The number of hydrogen-bond acceptors (Lipinski definition) is 4. The van der Waals surface area contributed by atoms with Crippen molar-refractivity contribution in [2.75, 3.05) is 5.73 Å². The summed E-state index contributed by atoms with van der Waals surface area (Å²) in [6, 6.07) is 9.90. The van der Waals surface area contributed by atoms with E-state index in [0.717, 1.165) is 41.5 Å². The lowest BCUT2D eigenvalue weighted by atomic mass is 10.1. The lowest BCUT2D eigenvalue weighted by Gasteiger charge is -2.04. The lowest BCUT2D eigenvalue weighted by molar-refractivity contribution is 0.812. The molecular formula is C15H17N5. The molecule has 2 N–H and O–H groups in total. The van der Waals surface area contributed by atoms with Crippen LogP contribution in [0.1, 0.15) is 22.9 Å². The fraction of sp³-hybridized carbons (Fsp3) is 0.267. The average molecular weight is 267 g/mol. The highest BCUT2D eigenvalue weighted by Gasteiger charge is 2.09. The molecule has 2 aromatic heterocycles. The molecule has 0 aliphatic carbocycles. The third kappa shape index (κ3) is 2.34. The Labute approximate surface area is 117 Å². The molecule has 0 saturated heterocycles. The second kappa shape index (κ2) is 4.92. The third-order valence-electron chi connectivity index (χ3n) is 3.37. The van der Waals surface area contributed by atoms with E-state index in [1.54, 1.807) is 0 Å². The van der Waals surface area contributed by atoms with Gasteiger partial charge >= 0.3 is 0 Å². The fourth-order valence-corrected chi connectivity index (χ4v) is 2.40. The minimum absolute atomic E-state index is 0.789. The molecule has 5 nitrogen and oxygen atoms in total. The summed E-state index contributed by atoms with van der Waals surface area (Å²) in [6.45, 7) is 3.95. The number of benzene rings is 1. The Morgan fingerprint density at radius 3 is 2.55 bits per heavy atom. The van der Waals surface area contributed by atoms with Crippen molar-refractivity contribution in [1.82, 2.24) is 19.6 Å². The number of anilines is 1. The zero-order chi connectivity index (χ0) is 14.1. The number of aryl methyl sites for hydroxylation is 4. The SMILES string of the molecule is Cc1cc2nnc(CCc3ccc(N)cc3)n2c(C)n1. The zero-order valence-corrected chi connectivity index (χ0v) is 11.7. The molecule has 1 aromatic carbocycles. The minimum Gasteiger partial charge on any atom is -0.399 e. The molecule has 3 aromatic rings. The third-order valence-corrected chi connectivity index (χ3v) is 3.37. The molecule has 0 radical (unpaired) electrons. The lowest BCUT2D eigenvalue weighted by Crippen LogP contribution is -2.03. The van der Waals surface area contributed by atoms with Gasteiger partial charge in [-0.3, -0.25) is 4.40 Å². The van der Waals surface area contributed by atoms with Crippen molar-refractivity contribution in [2.24, 2.45) is 0 Å². The predicted molar refractivity (Wildman–Crippen MR) is 78.5 cm³/mol. The van der Waals surface area contributed by atoms with E-state index in [4.69, 9.17) is 5.73 Å². The van der Waals surface area contributed by atoms with Gasteiger partial charge in [0.25, 0.3) is 0 Å². The molecule has 0 unspecified atom stereocenters. The first-order valence-electron chi connectivity index (χ1n) is 6.66. The molecular weight excluding hydrogens is 250 g/mol. The fourth-order valence-electron chi connectivity index (χ4n) is 2.40. The van der Waals surface area contributed by atoms with Gasteiger partial charge in [-0.2, -0.15) is 0 Å². The van der Waals surface area contributed by atoms with E-state index in [1.807, 2.05) is 48.6 Å². The summed E-state index contributed by atoms with van der Waals surface area (Å²) in [5, 5.41) is 8.50. The Bertz CT molecular complexity index is 743. The van der Waals surface area contributed by atoms with Crippen molar-refractivity contribution in [1.29, 1.82) is 0 Å². The van der Waals surface area contributed by atoms with Crippen LogP contribution < -0.4 is 5.73 Å². The van der Waals surface area contributed by atoms with Gasteiger partial charge in [-0.15, -0.1) is 10.2 Å². The van der Waals surface area contributed by atoms with Gasteiger partial charge < -0.3 is 5.73 Å². The van der Waals surface area contributed by atoms with E-state index in [-0.39, 0.29) is 0 Å². The van der Waals surface area contributed by atoms with Crippen LogP contribution in [0.5, 0.6) is 0 Å². The Morgan fingerprint density at radius 2 is 1.80 bits per heavy atom. The van der Waals surface area contributed by atoms with Gasteiger partial charge in [0.1, 0.15) is 11.6 Å². The summed E-state index contributed by atoms with van der Waals surface area (Å²) < 4.78 is 2.02. The van der Waals surface area contributed by atoms with Gasteiger partial charge in [-0.1, -0.05) is 12.1 Å². The van der Waals surface area contributed by atoms with Crippen LogP contribution in [0.25, 0.3) is 5.65 Å². The van der Waals surface area contributed by atoms with Crippen LogP contribution in [0, 0.1) is 13.8 Å². The molecule has 0 bridgehead atoms. The number of nitrogens with two attached hydrogens (primary N) is 1. The first kappa shape index (κ1) is 12.6. The number of nitrogen functional groups attached to an aromatic ring is 1. The maximum Gasteiger partial charge on any atom is 0.164 e. The second-order valence-electron chi connectivity index (χ2n) is 5.00. The highest BCUT2D eigenvalue weighted by atomic mass is 15.3. The molecule has 20 heavy (non-hydrogen) atoms. The monoisotopic (exact) mass is 267 g/mol. The molecule has 2 heterocycles. The summed E-state index contributed by atoms with van der Waals surface area (Å²) >= 11 is 0. The summed E-state index contributed by atoms with van der Waals surface area (Å²) in [4.78, 5) is 4.47. The van der Waals surface area contributed by atoms with Crippen molar-refractivity contribution in [3.8, 4) is 0 Å². The van der Waals surface area contributed by atoms with E-state index in [2.05, 4.69) is 15.2 Å². The molecule has 0 aliphatic heterocycles. The quantitative estimate of drug-likeness (QED) is 0.738. The minimum atomic E-state index is 0.789. The van der Waals surface area contributed by atoms with E-state index in [9.17, 15) is 0 Å². The van der Waals surface area contributed by atoms with Crippen molar-refractivity contribution in [3.05, 3.63) is 53.2 Å². The molecule has 5 heteroatoms. The Kier molecular flexibility index (Phi) is 3.10. The van der Waals surface area contributed by atoms with E-state index < -0.39 is 0 Å². The van der Waals surface area contributed by atoms with Gasteiger partial charge in [0.2, 0.25) is 0 Å². The standard InChI is InChI=1S/C15H17N5/c1-10-9-15-19-18-14(20(15)11(2)17-10)8-5-12-3-6-13(16)7-4-12/h3-4,6-7,9H,5,8,16H2,1-2H3. The van der Waals surface area contributed by atoms with Crippen LogP contribution in [0.4, 0.5) is 5.69 Å². The first-order chi connectivity index (χ1) is 9.63. The van der Waals surface area contributed by atoms with E-state index in [1.165, 1.54) is 5.56 Å². The summed E-state index contributed by atoms with van der Waals surface area (Å²) in [5.41, 5.74) is 9.55. The van der Waals surface area contributed by atoms with Crippen LogP contribution in [0.3, 0.4) is 0 Å². The topological polar surface area (TPSA) is 69.1 Å². The number of hydrogen-bond donors (Lipinski definition) is 1. The molecule has 0 spiro atoms. The second-order valence-corrected chi connectivity index (χ2v) is 5.00. The van der Waals surface area contributed by atoms with Crippen molar-refractivity contribution in [3.63, 3.8) is 0 Å². The van der Waals surface area contributed by atoms with Gasteiger partial charge in [-0.05, 0) is 38.0 Å². The van der Waals surface area contributed by atoms with Gasteiger partial charge in [0, 0.05) is 23.9 Å². The van der Waals surface area contributed by atoms with Crippen molar-refractivity contribution >= 4 is 11.3 Å². The summed E-state index contributed by atoms with van der Waals surface area (Å²) in [6.07, 6.45) is 1.74. The van der Waals surface area contributed by atoms with Gasteiger partial charge in [-0.25, -0.2) is 4.98 Å². The molecule has 0 saturated carbocycles. The number of aromatic nitrogens is 4. The van der Waals surface area contributed by atoms with Crippen LogP contribution in [0.2, 0.25) is 0 Å². The van der Waals surface area contributed by atoms with Crippen LogP contribution >= 0.6 is 0 Å². The maximum absolute atomic E-state index is 5.69. The van der Waals surface area contributed by atoms with Crippen LogP contribution in [0.15, 0.2) is 30.3 Å². The van der Waals surface area contributed by atoms with Crippen LogP contribution in [-0.2, 0) is 12.8 Å². The Morgan fingerprint density at radius 1 is 1.05 bits per heavy atom. The normalized spacial score (nSPS) is 11.1.